The van der Waals surface area contributed by atoms with Crippen LogP contribution < -0.4 is 5.32 Å². The van der Waals surface area contributed by atoms with E-state index < -0.39 is 23.3 Å². The third-order valence-electron chi connectivity index (χ3n) is 4.03. The van der Waals surface area contributed by atoms with Crippen molar-refractivity contribution in [2.24, 2.45) is 0 Å². The highest BCUT2D eigenvalue weighted by molar-refractivity contribution is 5.79. The van der Waals surface area contributed by atoms with Crippen molar-refractivity contribution in [2.45, 2.75) is 24.5 Å². The first-order valence-electron chi connectivity index (χ1n) is 7.04. The molecule has 0 saturated carbocycles. The normalized spacial score (nSPS) is 18.3. The molecule has 0 radical (unpaired) electrons. The van der Waals surface area contributed by atoms with Crippen LogP contribution in [0.5, 0.6) is 0 Å². The van der Waals surface area contributed by atoms with Crippen LogP contribution in [0.1, 0.15) is 24.0 Å². The minimum Gasteiger partial charge on any atom is -0.378 e. The van der Waals surface area contributed by atoms with Gasteiger partial charge in [-0.05, 0) is 41.8 Å². The highest BCUT2D eigenvalue weighted by atomic mass is 19.1. The summed E-state index contributed by atoms with van der Waals surface area (Å²) in [6, 6.07) is 10.4. The number of amides is 1. The first kappa shape index (κ1) is 14.7. The van der Waals surface area contributed by atoms with Crippen molar-refractivity contribution in [2.75, 3.05) is 0 Å². The highest BCUT2D eigenvalue weighted by Gasteiger charge is 2.44. The molecule has 1 aliphatic heterocycles. The number of rotatable bonds is 3. The molecule has 5 heteroatoms. The van der Waals surface area contributed by atoms with E-state index in [0.717, 1.165) is 0 Å². The van der Waals surface area contributed by atoms with Crippen LogP contribution >= 0.6 is 0 Å². The van der Waals surface area contributed by atoms with E-state index in [1.54, 1.807) is 12.1 Å². The molecule has 1 heterocycles. The van der Waals surface area contributed by atoms with Crippen LogP contribution in [0.15, 0.2) is 48.5 Å². The van der Waals surface area contributed by atoms with Gasteiger partial charge in [-0.1, -0.05) is 24.3 Å². The monoisotopic (exact) mass is 303 g/mol. The van der Waals surface area contributed by atoms with Gasteiger partial charge in [0.05, 0.1) is 6.04 Å². The van der Waals surface area contributed by atoms with Crippen LogP contribution in [0.3, 0.4) is 0 Å². The van der Waals surface area contributed by atoms with Gasteiger partial charge in [0.15, 0.2) is 0 Å². The summed E-state index contributed by atoms with van der Waals surface area (Å²) in [7, 11) is 0. The quantitative estimate of drug-likeness (QED) is 0.915. The van der Waals surface area contributed by atoms with Crippen molar-refractivity contribution in [3.63, 3.8) is 0 Å². The lowest BCUT2D eigenvalue weighted by Gasteiger charge is -2.35. The first-order valence-corrected chi connectivity index (χ1v) is 7.04. The van der Waals surface area contributed by atoms with Gasteiger partial charge in [0.25, 0.3) is 0 Å². The van der Waals surface area contributed by atoms with Crippen LogP contribution in [0.25, 0.3) is 0 Å². The van der Waals surface area contributed by atoms with Crippen LogP contribution in [0.2, 0.25) is 0 Å². The number of carbonyl (C=O) groups excluding carboxylic acids is 1. The van der Waals surface area contributed by atoms with Gasteiger partial charge in [0, 0.05) is 6.42 Å². The number of hydrogen-bond donors (Lipinski definition) is 2. The van der Waals surface area contributed by atoms with Gasteiger partial charge < -0.3 is 10.4 Å². The largest absolute Gasteiger partial charge is 0.378 e. The molecule has 0 aromatic heterocycles. The third kappa shape index (κ3) is 2.48. The van der Waals surface area contributed by atoms with Crippen molar-refractivity contribution in [1.29, 1.82) is 0 Å². The molecule has 2 N–H and O–H groups in total. The lowest BCUT2D eigenvalue weighted by Crippen LogP contribution is -2.47. The van der Waals surface area contributed by atoms with Crippen molar-refractivity contribution in [3.05, 3.63) is 71.3 Å². The molecule has 2 aromatic carbocycles. The van der Waals surface area contributed by atoms with Gasteiger partial charge in [-0.25, -0.2) is 8.78 Å². The summed E-state index contributed by atoms with van der Waals surface area (Å²) in [5.74, 6) is -1.19. The topological polar surface area (TPSA) is 49.3 Å². The van der Waals surface area contributed by atoms with Crippen molar-refractivity contribution < 1.29 is 18.7 Å². The predicted molar refractivity (Wildman–Crippen MR) is 77.0 cm³/mol. The Hall–Kier alpha value is -2.27. The number of aliphatic hydroxyl groups is 1. The zero-order chi connectivity index (χ0) is 15.7. The fourth-order valence-electron chi connectivity index (χ4n) is 2.95. The summed E-state index contributed by atoms with van der Waals surface area (Å²) in [5.41, 5.74) is -1.12. The average molecular weight is 303 g/mol. The van der Waals surface area contributed by atoms with Gasteiger partial charge in [-0.2, -0.15) is 0 Å². The summed E-state index contributed by atoms with van der Waals surface area (Å²) < 4.78 is 27.2. The summed E-state index contributed by atoms with van der Waals surface area (Å²) >= 11 is 0. The van der Waals surface area contributed by atoms with E-state index in [1.165, 1.54) is 36.4 Å². The maximum atomic E-state index is 13.6. The summed E-state index contributed by atoms with van der Waals surface area (Å²) in [5, 5.41) is 14.0. The van der Waals surface area contributed by atoms with E-state index in [4.69, 9.17) is 0 Å². The summed E-state index contributed by atoms with van der Waals surface area (Å²) in [6.45, 7) is 0. The molecule has 0 aliphatic carbocycles. The van der Waals surface area contributed by atoms with E-state index in [2.05, 4.69) is 5.32 Å². The first-order chi connectivity index (χ1) is 10.5. The molecule has 1 aliphatic rings. The van der Waals surface area contributed by atoms with Crippen LogP contribution in [-0.2, 0) is 10.4 Å². The maximum absolute atomic E-state index is 13.6. The van der Waals surface area contributed by atoms with Gasteiger partial charge in [0.2, 0.25) is 5.91 Å². The molecule has 3 rings (SSSR count). The number of nitrogens with one attached hydrogen (secondary N) is 1. The fraction of sp³-hybridized carbons (Fsp3) is 0.235. The lowest BCUT2D eigenvalue weighted by molar-refractivity contribution is -0.120. The number of carbonyl (C=O) groups is 1. The Balaban J connectivity index is 2.15. The zero-order valence-electron chi connectivity index (χ0n) is 11.7. The Morgan fingerprint density at radius 1 is 1.05 bits per heavy atom. The van der Waals surface area contributed by atoms with Gasteiger partial charge in [-0.15, -0.1) is 0 Å². The number of benzene rings is 2. The Morgan fingerprint density at radius 2 is 1.59 bits per heavy atom. The Bertz CT molecular complexity index is 672. The minimum atomic E-state index is -1.68. The van der Waals surface area contributed by atoms with E-state index >= 15 is 0 Å². The minimum absolute atomic E-state index is 0.184. The number of halogens is 2. The third-order valence-corrected chi connectivity index (χ3v) is 4.03. The van der Waals surface area contributed by atoms with Gasteiger partial charge in [0.1, 0.15) is 17.2 Å². The molecule has 1 atom stereocenters. The molecule has 0 spiro atoms. The SMILES string of the molecule is O=C1CC[C@@H](C(O)(c2cccc(F)c2)c2cccc(F)c2)N1. The van der Waals surface area contributed by atoms with Gasteiger partial charge in [-0.3, -0.25) is 4.79 Å². The lowest BCUT2D eigenvalue weighted by atomic mass is 9.79. The van der Waals surface area contributed by atoms with E-state index in [1.807, 2.05) is 0 Å². The van der Waals surface area contributed by atoms with Crippen molar-refractivity contribution in [1.82, 2.24) is 5.32 Å². The summed E-state index contributed by atoms with van der Waals surface area (Å²) in [6.07, 6.45) is 0.667. The molecule has 1 fully saturated rings. The second-order valence-corrected chi connectivity index (χ2v) is 5.45. The summed E-state index contributed by atoms with van der Waals surface area (Å²) in [4.78, 5) is 11.5. The molecule has 1 saturated heterocycles. The molecule has 114 valence electrons. The molecular weight excluding hydrogens is 288 g/mol. The second-order valence-electron chi connectivity index (χ2n) is 5.45. The standard InChI is InChI=1S/C17H15F2NO2/c18-13-5-1-3-11(9-13)17(22,15-7-8-16(21)20-15)12-4-2-6-14(19)10-12/h1-6,9-10,15,22H,7-8H2,(H,20,21)/t15-/m0/s1. The van der Waals surface area contributed by atoms with E-state index in [0.29, 0.717) is 6.42 Å². The molecule has 2 aromatic rings. The van der Waals surface area contributed by atoms with Crippen LogP contribution in [0.4, 0.5) is 8.78 Å². The Labute approximate surface area is 126 Å². The Morgan fingerprint density at radius 3 is 2.00 bits per heavy atom. The van der Waals surface area contributed by atoms with Crippen molar-refractivity contribution >= 4 is 5.91 Å². The number of hydrogen-bond acceptors (Lipinski definition) is 2. The molecule has 0 bridgehead atoms. The maximum Gasteiger partial charge on any atom is 0.220 e. The Kier molecular flexibility index (Phi) is 3.66. The zero-order valence-corrected chi connectivity index (χ0v) is 11.7. The molecule has 0 unspecified atom stereocenters. The van der Waals surface area contributed by atoms with Crippen LogP contribution in [-0.4, -0.2) is 17.1 Å². The van der Waals surface area contributed by atoms with Gasteiger partial charge >= 0.3 is 0 Å². The second kappa shape index (κ2) is 5.50. The van der Waals surface area contributed by atoms with E-state index in [-0.39, 0.29) is 23.5 Å². The highest BCUT2D eigenvalue weighted by Crippen LogP contribution is 2.37. The van der Waals surface area contributed by atoms with Crippen molar-refractivity contribution in [3.8, 4) is 0 Å². The molecule has 3 nitrogen and oxygen atoms in total. The molecular formula is C17H15F2NO2. The molecule has 1 amide bonds. The average Bonchev–Trinajstić information content (AvgIpc) is 2.93. The van der Waals surface area contributed by atoms with E-state index in [9.17, 15) is 18.7 Å². The van der Waals surface area contributed by atoms with Crippen LogP contribution in [0, 0.1) is 11.6 Å². The fourth-order valence-corrected chi connectivity index (χ4v) is 2.95. The predicted octanol–water partition coefficient (Wildman–Crippen LogP) is 2.48. The smallest absolute Gasteiger partial charge is 0.220 e. The molecule has 22 heavy (non-hydrogen) atoms.